The largest absolute Gasteiger partial charge is 0.344 e. The van der Waals surface area contributed by atoms with Gasteiger partial charge in [-0.25, -0.2) is 0 Å². The van der Waals surface area contributed by atoms with Crippen LogP contribution in [0, 0.1) is 16.7 Å². The van der Waals surface area contributed by atoms with Gasteiger partial charge < -0.3 is 16.0 Å². The maximum Gasteiger partial charge on any atom is 0.310 e. The van der Waals surface area contributed by atoms with Crippen LogP contribution in [-0.4, -0.2) is 28.8 Å². The van der Waals surface area contributed by atoms with E-state index in [2.05, 4.69) is 10.6 Å². The Labute approximate surface area is 197 Å². The van der Waals surface area contributed by atoms with Crippen LogP contribution in [0.3, 0.4) is 0 Å². The molecule has 3 N–H and O–H groups in total. The number of carbonyl (C=O) groups is 3. The molecule has 0 radical (unpaired) electrons. The van der Waals surface area contributed by atoms with Crippen molar-refractivity contribution in [3.05, 3.63) is 83.4 Å². The Morgan fingerprint density at radius 3 is 2.41 bits per heavy atom. The van der Waals surface area contributed by atoms with Gasteiger partial charge in [-0.15, -0.1) is 0 Å². The van der Waals surface area contributed by atoms with E-state index >= 15 is 0 Å². The number of amides is 2. The zero-order valence-corrected chi connectivity index (χ0v) is 18.7. The number of ketones is 1. The normalized spacial score (nSPS) is 14.5. The fourth-order valence-electron chi connectivity index (χ4n) is 3.94. The Morgan fingerprint density at radius 1 is 1.00 bits per heavy atom. The zero-order valence-electron chi connectivity index (χ0n) is 18.7. The lowest BCUT2D eigenvalue weighted by Gasteiger charge is -2.17. The van der Waals surface area contributed by atoms with Crippen molar-refractivity contribution < 1.29 is 14.4 Å². The highest BCUT2D eigenvalue weighted by Crippen LogP contribution is 2.34. The Bertz CT molecular complexity index is 1350. The molecule has 170 valence electrons. The van der Waals surface area contributed by atoms with Crippen LogP contribution >= 0.6 is 0 Å². The van der Waals surface area contributed by atoms with E-state index < -0.39 is 29.1 Å². The van der Waals surface area contributed by atoms with Gasteiger partial charge >= 0.3 is 11.8 Å². The lowest BCUT2D eigenvalue weighted by atomic mass is 9.87. The van der Waals surface area contributed by atoms with Crippen LogP contribution < -0.4 is 10.6 Å². The average molecular weight is 453 g/mol. The van der Waals surface area contributed by atoms with E-state index in [9.17, 15) is 14.4 Å². The summed E-state index contributed by atoms with van der Waals surface area (Å²) in [7, 11) is 0. The van der Waals surface area contributed by atoms with Crippen LogP contribution in [-0.2, 0) is 16.1 Å². The molecule has 7 heteroatoms. The molecule has 34 heavy (non-hydrogen) atoms. The van der Waals surface area contributed by atoms with Crippen molar-refractivity contribution in [1.82, 2.24) is 10.6 Å². The van der Waals surface area contributed by atoms with Gasteiger partial charge in [0.1, 0.15) is 5.54 Å². The van der Waals surface area contributed by atoms with Gasteiger partial charge in [0.05, 0.1) is 11.8 Å². The Morgan fingerprint density at radius 2 is 1.68 bits per heavy atom. The maximum atomic E-state index is 13.3. The van der Waals surface area contributed by atoms with Crippen molar-refractivity contribution >= 4 is 34.1 Å². The summed E-state index contributed by atoms with van der Waals surface area (Å²) in [6.45, 7) is 1.78. The van der Waals surface area contributed by atoms with Gasteiger partial charge in [0.2, 0.25) is 5.78 Å². The maximum absolute atomic E-state index is 13.3. The minimum atomic E-state index is -0.935. The fraction of sp³-hybridized carbons (Fsp3) is 0.222. The number of carbonyl (C=O) groups excluding carboxylic acids is 3. The zero-order chi connectivity index (χ0) is 24.3. The van der Waals surface area contributed by atoms with Crippen molar-refractivity contribution in [2.75, 3.05) is 0 Å². The van der Waals surface area contributed by atoms with Crippen molar-refractivity contribution in [2.45, 2.75) is 37.8 Å². The average Bonchev–Trinajstić information content (AvgIpc) is 3.65. The molecule has 2 amide bonds. The molecule has 0 saturated heterocycles. The minimum absolute atomic E-state index is 0.0519. The number of nitriles is 1. The van der Waals surface area contributed by atoms with Gasteiger partial charge in [-0.05, 0) is 34.7 Å². The number of benzene rings is 3. The molecule has 1 fully saturated rings. The Balaban J connectivity index is 1.48. The molecule has 1 aliphatic rings. The number of nitrogens with one attached hydrogen (secondary N) is 3. The third-order valence-electron chi connectivity index (χ3n) is 6.19. The first kappa shape index (κ1) is 22.9. The molecular weight excluding hydrogens is 428 g/mol. The third kappa shape index (κ3) is 4.57. The van der Waals surface area contributed by atoms with E-state index in [1.54, 1.807) is 24.3 Å². The van der Waals surface area contributed by atoms with Crippen molar-refractivity contribution in [2.24, 2.45) is 0 Å². The number of rotatable bonds is 7. The molecule has 0 aromatic heterocycles. The molecule has 0 spiro atoms. The molecule has 3 aromatic rings. The first-order valence-corrected chi connectivity index (χ1v) is 11.1. The molecule has 3 aromatic carbocycles. The van der Waals surface area contributed by atoms with Gasteiger partial charge in [0.15, 0.2) is 0 Å². The molecule has 0 heterocycles. The molecule has 7 nitrogen and oxygen atoms in total. The first-order valence-electron chi connectivity index (χ1n) is 11.1. The van der Waals surface area contributed by atoms with Crippen molar-refractivity contribution in [3.8, 4) is 6.07 Å². The molecule has 4 rings (SSSR count). The highest BCUT2D eigenvalue weighted by atomic mass is 16.2. The first-order chi connectivity index (χ1) is 16.3. The lowest BCUT2D eigenvalue weighted by molar-refractivity contribution is -0.139. The Hall–Kier alpha value is -4.31. The van der Waals surface area contributed by atoms with Crippen LogP contribution in [0.2, 0.25) is 0 Å². The van der Waals surface area contributed by atoms with Crippen LogP contribution in [0.25, 0.3) is 10.8 Å². The molecule has 1 atom stereocenters. The third-order valence-corrected chi connectivity index (χ3v) is 6.19. The van der Waals surface area contributed by atoms with E-state index in [-0.39, 0.29) is 12.3 Å². The van der Waals surface area contributed by atoms with Crippen LogP contribution in [0.5, 0.6) is 0 Å². The van der Waals surface area contributed by atoms with Crippen LogP contribution in [0.15, 0.2) is 66.7 Å². The number of hydrogen-bond acceptors (Lipinski definition) is 5. The number of Topliss-reactive ketones (excluding diaryl/α,β-unsaturated/α-hetero) is 1. The topological polar surface area (TPSA) is 123 Å². The predicted molar refractivity (Wildman–Crippen MR) is 128 cm³/mol. The van der Waals surface area contributed by atoms with Gasteiger partial charge in [-0.1, -0.05) is 73.7 Å². The van der Waals surface area contributed by atoms with E-state index in [4.69, 9.17) is 10.7 Å². The molecule has 1 aliphatic carbocycles. The predicted octanol–water partition coefficient (Wildman–Crippen LogP) is 3.63. The summed E-state index contributed by atoms with van der Waals surface area (Å²) in [5.74, 6) is -2.62. The van der Waals surface area contributed by atoms with Crippen molar-refractivity contribution in [3.63, 3.8) is 0 Å². The summed E-state index contributed by atoms with van der Waals surface area (Å²) in [6.07, 6.45) is 1.05. The standard InChI is InChI=1S/C27H24N4O3/c1-17(20-12-6-9-18-7-2-4-10-21(18)20)23(29)24(32)22-11-5-3-8-19(22)15-30-25(33)26(34)31-27(16-28)13-14-27/h2-12,17,29H,13-15H2,1H3,(H,30,33)(H,31,34)/t17-/m1/s1. The number of nitrogens with zero attached hydrogens (tertiary/aromatic N) is 1. The van der Waals surface area contributed by atoms with E-state index in [0.29, 0.717) is 24.0 Å². The van der Waals surface area contributed by atoms with E-state index in [1.165, 1.54) is 0 Å². The smallest absolute Gasteiger partial charge is 0.310 e. The lowest BCUT2D eigenvalue weighted by Crippen LogP contribution is -2.45. The molecule has 0 unspecified atom stereocenters. The highest BCUT2D eigenvalue weighted by Gasteiger charge is 2.45. The second kappa shape index (κ2) is 9.28. The summed E-state index contributed by atoms with van der Waals surface area (Å²) in [5, 5.41) is 24.7. The molecule has 0 aliphatic heterocycles. The van der Waals surface area contributed by atoms with E-state index in [0.717, 1.165) is 16.3 Å². The van der Waals surface area contributed by atoms with Crippen LogP contribution in [0.4, 0.5) is 0 Å². The summed E-state index contributed by atoms with van der Waals surface area (Å²) in [6, 6.07) is 22.4. The SMILES string of the molecule is C[C@@H](C(=N)C(=O)c1ccccc1CNC(=O)C(=O)NC1(C#N)CC1)c1cccc2ccccc12. The summed E-state index contributed by atoms with van der Waals surface area (Å²) in [4.78, 5) is 37.6. The monoisotopic (exact) mass is 452 g/mol. The van der Waals surface area contributed by atoms with Crippen molar-refractivity contribution in [1.29, 1.82) is 10.7 Å². The molecule has 1 saturated carbocycles. The van der Waals surface area contributed by atoms with Gasteiger partial charge in [0.25, 0.3) is 0 Å². The van der Waals surface area contributed by atoms with Gasteiger partial charge in [0, 0.05) is 18.0 Å². The highest BCUT2D eigenvalue weighted by molar-refractivity contribution is 6.47. The summed E-state index contributed by atoms with van der Waals surface area (Å²) < 4.78 is 0. The number of hydrogen-bond donors (Lipinski definition) is 3. The summed E-state index contributed by atoms with van der Waals surface area (Å²) in [5.41, 5.74) is 0.707. The van der Waals surface area contributed by atoms with E-state index in [1.807, 2.05) is 55.5 Å². The van der Waals surface area contributed by atoms with Gasteiger partial charge in [-0.2, -0.15) is 5.26 Å². The molecule has 0 bridgehead atoms. The molecular formula is C27H24N4O3. The quantitative estimate of drug-likeness (QED) is 0.288. The second-order valence-electron chi connectivity index (χ2n) is 8.52. The van der Waals surface area contributed by atoms with Crippen LogP contribution in [0.1, 0.15) is 47.2 Å². The fourth-order valence-corrected chi connectivity index (χ4v) is 3.94. The Kier molecular flexibility index (Phi) is 6.24. The summed E-state index contributed by atoms with van der Waals surface area (Å²) >= 11 is 0. The number of fused-ring (bicyclic) bond motifs is 1. The minimum Gasteiger partial charge on any atom is -0.344 e. The van der Waals surface area contributed by atoms with Gasteiger partial charge in [-0.3, -0.25) is 14.4 Å². The second-order valence-corrected chi connectivity index (χ2v) is 8.52.